The lowest BCUT2D eigenvalue weighted by molar-refractivity contribution is -0.190. The summed E-state index contributed by atoms with van der Waals surface area (Å²) in [6.45, 7) is -0.335. The number of rotatable bonds is 5. The largest absolute Gasteiger partial charge is 0.455 e. The molecule has 0 spiro atoms. The number of para-hydroxylation sites is 1. The standard InChI is InChI=1S/C15H16FNO2/c16-14(11-17)15(18,12-7-3-1-4-8-12)19-13-9-5-2-6-10-13/h1-10,14,18H,11,17H2. The molecule has 4 heteroatoms. The lowest BCUT2D eigenvalue weighted by atomic mass is 10.0. The third-order valence-electron chi connectivity index (χ3n) is 2.84. The van der Waals surface area contributed by atoms with Gasteiger partial charge < -0.3 is 15.6 Å². The van der Waals surface area contributed by atoms with Crippen LogP contribution in [0.1, 0.15) is 5.56 Å². The van der Waals surface area contributed by atoms with Crippen LogP contribution in [0.3, 0.4) is 0 Å². The Bertz CT molecular complexity index is 506. The highest BCUT2D eigenvalue weighted by atomic mass is 19.1. The van der Waals surface area contributed by atoms with Gasteiger partial charge in [0.2, 0.25) is 0 Å². The first-order valence-electron chi connectivity index (χ1n) is 6.03. The second kappa shape index (κ2) is 5.82. The third kappa shape index (κ3) is 2.92. The summed E-state index contributed by atoms with van der Waals surface area (Å²) in [6.07, 6.45) is -1.73. The summed E-state index contributed by atoms with van der Waals surface area (Å²) in [4.78, 5) is 0. The van der Waals surface area contributed by atoms with E-state index in [0.29, 0.717) is 11.3 Å². The predicted octanol–water partition coefficient (Wildman–Crippen LogP) is 2.21. The van der Waals surface area contributed by atoms with Crippen molar-refractivity contribution < 1.29 is 14.2 Å². The number of hydrogen-bond donors (Lipinski definition) is 2. The lowest BCUT2D eigenvalue weighted by Crippen LogP contribution is -2.46. The minimum atomic E-state index is -2.09. The Balaban J connectivity index is 2.36. The van der Waals surface area contributed by atoms with Gasteiger partial charge in [0, 0.05) is 12.1 Å². The molecule has 0 saturated carbocycles. The Hall–Kier alpha value is -1.91. The van der Waals surface area contributed by atoms with Gasteiger partial charge in [-0.15, -0.1) is 0 Å². The van der Waals surface area contributed by atoms with Crippen molar-refractivity contribution in [1.29, 1.82) is 0 Å². The van der Waals surface area contributed by atoms with E-state index in [2.05, 4.69) is 0 Å². The van der Waals surface area contributed by atoms with Gasteiger partial charge in [-0.05, 0) is 12.1 Å². The summed E-state index contributed by atoms with van der Waals surface area (Å²) >= 11 is 0. The molecule has 0 aromatic heterocycles. The van der Waals surface area contributed by atoms with E-state index in [-0.39, 0.29) is 6.54 Å². The van der Waals surface area contributed by atoms with E-state index in [1.807, 2.05) is 6.07 Å². The monoisotopic (exact) mass is 261 g/mol. The van der Waals surface area contributed by atoms with E-state index < -0.39 is 12.0 Å². The van der Waals surface area contributed by atoms with E-state index in [1.165, 1.54) is 0 Å². The van der Waals surface area contributed by atoms with Crippen LogP contribution in [0.2, 0.25) is 0 Å². The summed E-state index contributed by atoms with van der Waals surface area (Å²) in [6, 6.07) is 17.0. The first kappa shape index (κ1) is 13.5. The zero-order chi connectivity index (χ0) is 13.7. The predicted molar refractivity (Wildman–Crippen MR) is 71.4 cm³/mol. The fourth-order valence-corrected chi connectivity index (χ4v) is 1.81. The number of halogens is 1. The van der Waals surface area contributed by atoms with Crippen molar-refractivity contribution in [2.45, 2.75) is 12.0 Å². The Morgan fingerprint density at radius 2 is 1.58 bits per heavy atom. The molecule has 2 aromatic rings. The number of ether oxygens (including phenoxy) is 1. The molecule has 2 unspecified atom stereocenters. The lowest BCUT2D eigenvalue weighted by Gasteiger charge is -2.31. The Morgan fingerprint density at radius 3 is 2.11 bits per heavy atom. The van der Waals surface area contributed by atoms with Crippen LogP contribution in [0.5, 0.6) is 5.75 Å². The number of nitrogens with two attached hydrogens (primary N) is 1. The first-order chi connectivity index (χ1) is 9.16. The topological polar surface area (TPSA) is 55.5 Å². The average Bonchev–Trinajstić information content (AvgIpc) is 2.48. The molecule has 3 nitrogen and oxygen atoms in total. The van der Waals surface area contributed by atoms with Crippen LogP contribution in [0, 0.1) is 0 Å². The summed E-state index contributed by atoms with van der Waals surface area (Å²) in [5, 5.41) is 10.5. The first-order valence-corrected chi connectivity index (χ1v) is 6.03. The average molecular weight is 261 g/mol. The van der Waals surface area contributed by atoms with Gasteiger partial charge in [0.15, 0.2) is 6.17 Å². The molecule has 0 heterocycles. The maximum Gasteiger partial charge on any atom is 0.267 e. The molecule has 0 bridgehead atoms. The zero-order valence-electron chi connectivity index (χ0n) is 10.4. The minimum Gasteiger partial charge on any atom is -0.455 e. The summed E-state index contributed by atoms with van der Waals surface area (Å²) in [5.41, 5.74) is 5.66. The molecule has 0 fully saturated rings. The van der Waals surface area contributed by atoms with E-state index in [4.69, 9.17) is 10.5 Å². The molecule has 3 N–H and O–H groups in total. The highest BCUT2D eigenvalue weighted by Gasteiger charge is 2.41. The van der Waals surface area contributed by atoms with E-state index in [0.717, 1.165) is 0 Å². The molecule has 0 aliphatic heterocycles. The van der Waals surface area contributed by atoms with E-state index >= 15 is 0 Å². The highest BCUT2D eigenvalue weighted by Crippen LogP contribution is 2.30. The SMILES string of the molecule is NCC(F)C(O)(Oc1ccccc1)c1ccccc1. The van der Waals surface area contributed by atoms with E-state index in [1.54, 1.807) is 54.6 Å². The van der Waals surface area contributed by atoms with Gasteiger partial charge in [-0.25, -0.2) is 4.39 Å². The molecule has 19 heavy (non-hydrogen) atoms. The van der Waals surface area contributed by atoms with Crippen LogP contribution >= 0.6 is 0 Å². The molecule has 100 valence electrons. The van der Waals surface area contributed by atoms with E-state index in [9.17, 15) is 9.50 Å². The van der Waals surface area contributed by atoms with Crippen molar-refractivity contribution in [3.05, 3.63) is 66.2 Å². The Morgan fingerprint density at radius 1 is 1.05 bits per heavy atom. The molecule has 0 aliphatic carbocycles. The van der Waals surface area contributed by atoms with Gasteiger partial charge in [-0.2, -0.15) is 0 Å². The molecule has 2 atom stereocenters. The zero-order valence-corrected chi connectivity index (χ0v) is 10.4. The van der Waals surface area contributed by atoms with Gasteiger partial charge in [0.05, 0.1) is 0 Å². The molecule has 0 radical (unpaired) electrons. The summed E-state index contributed by atoms with van der Waals surface area (Å²) < 4.78 is 19.5. The maximum atomic E-state index is 14.1. The molecule has 0 saturated heterocycles. The second-order valence-electron chi connectivity index (χ2n) is 4.18. The fourth-order valence-electron chi connectivity index (χ4n) is 1.81. The normalized spacial score (nSPS) is 15.5. The van der Waals surface area contributed by atoms with Crippen molar-refractivity contribution in [1.82, 2.24) is 0 Å². The molecule has 2 aromatic carbocycles. The van der Waals surface area contributed by atoms with Gasteiger partial charge in [-0.3, -0.25) is 0 Å². The molecular formula is C15H16FNO2. The van der Waals surface area contributed by atoms with Crippen LogP contribution < -0.4 is 10.5 Å². The number of hydrogen-bond acceptors (Lipinski definition) is 3. The molecule has 0 amide bonds. The van der Waals surface area contributed by atoms with Gasteiger partial charge in [0.25, 0.3) is 5.79 Å². The quantitative estimate of drug-likeness (QED) is 0.811. The molecule has 2 rings (SSSR count). The van der Waals surface area contributed by atoms with Crippen molar-refractivity contribution in [3.63, 3.8) is 0 Å². The van der Waals surface area contributed by atoms with Gasteiger partial charge in [-0.1, -0.05) is 48.5 Å². The number of alkyl halides is 1. The van der Waals surface area contributed by atoms with Crippen molar-refractivity contribution >= 4 is 0 Å². The smallest absolute Gasteiger partial charge is 0.267 e. The van der Waals surface area contributed by atoms with Gasteiger partial charge >= 0.3 is 0 Å². The third-order valence-corrected chi connectivity index (χ3v) is 2.84. The number of benzene rings is 2. The molecule has 0 aliphatic rings. The summed E-state index contributed by atoms with van der Waals surface area (Å²) in [5.74, 6) is -1.71. The molecular weight excluding hydrogens is 245 g/mol. The highest BCUT2D eigenvalue weighted by molar-refractivity contribution is 5.27. The fraction of sp³-hybridized carbons (Fsp3) is 0.200. The van der Waals surface area contributed by atoms with Crippen LogP contribution in [-0.4, -0.2) is 17.8 Å². The van der Waals surface area contributed by atoms with Crippen LogP contribution in [0.4, 0.5) is 4.39 Å². The van der Waals surface area contributed by atoms with Crippen molar-refractivity contribution in [2.75, 3.05) is 6.54 Å². The minimum absolute atomic E-state index is 0.330. The van der Waals surface area contributed by atoms with Gasteiger partial charge in [0.1, 0.15) is 5.75 Å². The maximum absolute atomic E-state index is 14.1. The Labute approximate surface area is 111 Å². The Kier molecular flexibility index (Phi) is 4.14. The second-order valence-corrected chi connectivity index (χ2v) is 4.18. The van der Waals surface area contributed by atoms with Crippen LogP contribution in [0.15, 0.2) is 60.7 Å². The van der Waals surface area contributed by atoms with Crippen LogP contribution in [0.25, 0.3) is 0 Å². The van der Waals surface area contributed by atoms with Crippen LogP contribution in [-0.2, 0) is 5.79 Å². The van der Waals surface area contributed by atoms with Crippen molar-refractivity contribution in [2.24, 2.45) is 5.73 Å². The number of aliphatic hydroxyl groups is 1. The van der Waals surface area contributed by atoms with Crippen molar-refractivity contribution in [3.8, 4) is 5.75 Å². The summed E-state index contributed by atoms with van der Waals surface area (Å²) in [7, 11) is 0.